The van der Waals surface area contributed by atoms with Crippen LogP contribution in [-0.4, -0.2) is 25.2 Å². The summed E-state index contributed by atoms with van der Waals surface area (Å²) in [5.74, 6) is -1.27. The van der Waals surface area contributed by atoms with E-state index >= 15 is 0 Å². The van der Waals surface area contributed by atoms with Crippen LogP contribution in [0.2, 0.25) is 0 Å². The number of nitrogens with zero attached hydrogens (tertiary/aromatic N) is 1. The molecule has 3 atom stereocenters. The van der Waals surface area contributed by atoms with E-state index in [1.165, 1.54) is 6.92 Å². The fraction of sp³-hybridized carbons (Fsp3) is 0.909. The summed E-state index contributed by atoms with van der Waals surface area (Å²) in [7, 11) is 0. The average Bonchev–Trinajstić information content (AvgIpc) is 3.00. The molecule has 2 saturated heterocycles. The molecule has 0 saturated carbocycles. The maximum absolute atomic E-state index is 8.75. The zero-order valence-corrected chi connectivity index (χ0v) is 10.3. The van der Waals surface area contributed by atoms with Gasteiger partial charge in [-0.1, -0.05) is 6.42 Å². The SMILES string of the molecule is C[C@@]1(C#N)OO[C@@H](CCCCCC2OCOO2)O1. The quantitative estimate of drug-likeness (QED) is 0.531. The van der Waals surface area contributed by atoms with Gasteiger partial charge in [0.25, 0.3) is 5.79 Å². The van der Waals surface area contributed by atoms with Gasteiger partial charge in [-0.2, -0.15) is 10.1 Å². The van der Waals surface area contributed by atoms with Crippen molar-refractivity contribution >= 4 is 0 Å². The average molecular weight is 259 g/mol. The Balaban J connectivity index is 1.50. The number of hydrogen-bond donors (Lipinski definition) is 0. The Morgan fingerprint density at radius 3 is 2.56 bits per heavy atom. The monoisotopic (exact) mass is 259 g/mol. The number of hydrogen-bond acceptors (Lipinski definition) is 7. The second-order valence-electron chi connectivity index (χ2n) is 4.35. The van der Waals surface area contributed by atoms with E-state index in [1.807, 2.05) is 6.07 Å². The molecule has 102 valence electrons. The van der Waals surface area contributed by atoms with Crippen molar-refractivity contribution in [1.82, 2.24) is 0 Å². The Labute approximate surface area is 105 Å². The first-order chi connectivity index (χ1) is 8.72. The predicted octanol–water partition coefficient (Wildman–Crippen LogP) is 1.74. The number of unbranched alkanes of at least 4 members (excludes halogenated alkanes) is 2. The maximum Gasteiger partial charge on any atom is 0.288 e. The van der Waals surface area contributed by atoms with Crippen molar-refractivity contribution in [3.05, 3.63) is 0 Å². The van der Waals surface area contributed by atoms with Gasteiger partial charge < -0.3 is 9.47 Å². The fourth-order valence-corrected chi connectivity index (χ4v) is 1.75. The van der Waals surface area contributed by atoms with Gasteiger partial charge in [0, 0.05) is 19.8 Å². The first-order valence-electron chi connectivity index (χ1n) is 6.05. The van der Waals surface area contributed by atoms with Crippen molar-refractivity contribution in [2.24, 2.45) is 0 Å². The normalized spacial score (nSPS) is 35.8. The summed E-state index contributed by atoms with van der Waals surface area (Å²) in [5.41, 5.74) is 0. The molecule has 0 aromatic heterocycles. The number of rotatable bonds is 6. The second kappa shape index (κ2) is 6.43. The molecule has 7 heteroatoms. The number of nitriles is 1. The molecule has 0 bridgehead atoms. The van der Waals surface area contributed by atoms with Gasteiger partial charge in [-0.05, 0) is 12.8 Å². The van der Waals surface area contributed by atoms with Crippen LogP contribution >= 0.6 is 0 Å². The standard InChI is InChI=1S/C11H17NO6/c1-11(7-12)15-10(17-18-11)6-4-2-3-5-9-13-8-14-16-9/h9-10H,2-6,8H2,1H3/t9?,10-,11-/m0/s1. The van der Waals surface area contributed by atoms with Gasteiger partial charge in [0.2, 0.25) is 0 Å². The molecule has 0 aromatic rings. The van der Waals surface area contributed by atoms with Crippen molar-refractivity contribution < 1.29 is 29.0 Å². The van der Waals surface area contributed by atoms with Crippen LogP contribution < -0.4 is 0 Å². The van der Waals surface area contributed by atoms with Crippen molar-refractivity contribution in [3.8, 4) is 6.07 Å². The summed E-state index contributed by atoms with van der Waals surface area (Å²) in [4.78, 5) is 19.2. The predicted molar refractivity (Wildman–Crippen MR) is 56.1 cm³/mol. The van der Waals surface area contributed by atoms with Crippen LogP contribution in [0.1, 0.15) is 39.0 Å². The van der Waals surface area contributed by atoms with Crippen LogP contribution in [0, 0.1) is 11.3 Å². The summed E-state index contributed by atoms with van der Waals surface area (Å²) in [6, 6.07) is 1.89. The third-order valence-corrected chi connectivity index (χ3v) is 2.73. The van der Waals surface area contributed by atoms with E-state index < -0.39 is 12.1 Å². The molecule has 1 unspecified atom stereocenters. The third-order valence-electron chi connectivity index (χ3n) is 2.73. The van der Waals surface area contributed by atoms with Gasteiger partial charge in [0.05, 0.1) is 0 Å². The molecule has 0 radical (unpaired) electrons. The molecule has 2 aliphatic heterocycles. The maximum atomic E-state index is 8.75. The molecule has 0 aliphatic carbocycles. The zero-order chi connectivity index (χ0) is 12.8. The lowest BCUT2D eigenvalue weighted by atomic mass is 10.1. The van der Waals surface area contributed by atoms with Crippen molar-refractivity contribution in [1.29, 1.82) is 5.26 Å². The third kappa shape index (κ3) is 3.88. The minimum absolute atomic E-state index is 0.207. The largest absolute Gasteiger partial charge is 0.320 e. The lowest BCUT2D eigenvalue weighted by Gasteiger charge is -2.10. The van der Waals surface area contributed by atoms with Gasteiger partial charge in [-0.15, -0.1) is 0 Å². The highest BCUT2D eigenvalue weighted by atomic mass is 17.3. The summed E-state index contributed by atoms with van der Waals surface area (Å²) in [6.07, 6.45) is 3.68. The van der Waals surface area contributed by atoms with E-state index in [1.54, 1.807) is 0 Å². The van der Waals surface area contributed by atoms with E-state index in [2.05, 4.69) is 4.89 Å². The van der Waals surface area contributed by atoms with Crippen LogP contribution in [0.15, 0.2) is 0 Å². The van der Waals surface area contributed by atoms with Crippen LogP contribution in [0.4, 0.5) is 0 Å². The summed E-state index contributed by atoms with van der Waals surface area (Å²) in [6.45, 7) is 1.74. The Morgan fingerprint density at radius 2 is 1.94 bits per heavy atom. The second-order valence-corrected chi connectivity index (χ2v) is 4.35. The minimum atomic E-state index is -1.27. The first kappa shape index (κ1) is 13.7. The van der Waals surface area contributed by atoms with E-state index in [0.29, 0.717) is 6.42 Å². The highest BCUT2D eigenvalue weighted by molar-refractivity contribution is 4.90. The zero-order valence-electron chi connectivity index (χ0n) is 10.3. The fourth-order valence-electron chi connectivity index (χ4n) is 1.75. The Morgan fingerprint density at radius 1 is 1.17 bits per heavy atom. The lowest BCUT2D eigenvalue weighted by molar-refractivity contribution is -0.311. The minimum Gasteiger partial charge on any atom is -0.320 e. The Hall–Kier alpha value is -0.750. The van der Waals surface area contributed by atoms with Crippen molar-refractivity contribution in [2.45, 2.75) is 57.4 Å². The van der Waals surface area contributed by atoms with Gasteiger partial charge >= 0.3 is 0 Å². The number of ether oxygens (including phenoxy) is 2. The molecule has 0 spiro atoms. The van der Waals surface area contributed by atoms with Crippen LogP contribution in [0.3, 0.4) is 0 Å². The molecular formula is C11H17NO6. The van der Waals surface area contributed by atoms with Gasteiger partial charge in [-0.25, -0.2) is 14.7 Å². The van der Waals surface area contributed by atoms with Crippen LogP contribution in [0.5, 0.6) is 0 Å². The van der Waals surface area contributed by atoms with Crippen LogP contribution in [0.25, 0.3) is 0 Å². The highest BCUT2D eigenvalue weighted by Crippen LogP contribution is 2.26. The van der Waals surface area contributed by atoms with Crippen molar-refractivity contribution in [3.63, 3.8) is 0 Å². The molecule has 0 aromatic carbocycles. The topological polar surface area (TPSA) is 79.2 Å². The smallest absolute Gasteiger partial charge is 0.288 e. The van der Waals surface area contributed by atoms with Gasteiger partial charge in [0.1, 0.15) is 6.07 Å². The molecule has 7 nitrogen and oxygen atoms in total. The Kier molecular flexibility index (Phi) is 4.88. The van der Waals surface area contributed by atoms with Crippen molar-refractivity contribution in [2.75, 3.05) is 6.79 Å². The molecule has 2 aliphatic rings. The summed E-state index contributed by atoms with van der Waals surface area (Å²) in [5, 5.41) is 8.75. The summed E-state index contributed by atoms with van der Waals surface area (Å²) < 4.78 is 10.4. The molecule has 2 rings (SSSR count). The summed E-state index contributed by atoms with van der Waals surface area (Å²) >= 11 is 0. The van der Waals surface area contributed by atoms with Gasteiger partial charge in [0.15, 0.2) is 19.4 Å². The molecule has 18 heavy (non-hydrogen) atoms. The van der Waals surface area contributed by atoms with E-state index in [0.717, 1.165) is 25.7 Å². The first-order valence-corrected chi connectivity index (χ1v) is 6.05. The van der Waals surface area contributed by atoms with Crippen LogP contribution in [-0.2, 0) is 29.0 Å². The molecule has 2 fully saturated rings. The van der Waals surface area contributed by atoms with E-state index in [4.69, 9.17) is 29.4 Å². The molecule has 0 amide bonds. The molecule has 2 heterocycles. The Bertz CT molecular complexity index is 300. The van der Waals surface area contributed by atoms with E-state index in [9.17, 15) is 0 Å². The molecule has 0 N–H and O–H groups in total. The lowest BCUT2D eigenvalue weighted by Crippen LogP contribution is -2.23. The van der Waals surface area contributed by atoms with Gasteiger partial charge in [-0.3, -0.25) is 0 Å². The van der Waals surface area contributed by atoms with E-state index in [-0.39, 0.29) is 13.1 Å². The molecular weight excluding hydrogens is 242 g/mol. The highest BCUT2D eigenvalue weighted by Gasteiger charge is 2.39.